The minimum atomic E-state index is -0.290. The molecule has 116 valence electrons. The number of rotatable bonds is 5. The molecular formula is C16H25N3O2. The van der Waals surface area contributed by atoms with Gasteiger partial charge in [-0.1, -0.05) is 13.0 Å². The summed E-state index contributed by atoms with van der Waals surface area (Å²) in [5, 5.41) is 12.8. The summed E-state index contributed by atoms with van der Waals surface area (Å²) in [5.74, 6) is 1.04. The van der Waals surface area contributed by atoms with Crippen LogP contribution in [0.1, 0.15) is 43.6 Å². The van der Waals surface area contributed by atoms with Gasteiger partial charge in [-0.05, 0) is 44.2 Å². The quantitative estimate of drug-likeness (QED) is 0.872. The Balaban J connectivity index is 1.97. The fraction of sp³-hybridized carbons (Fsp3) is 0.625. The van der Waals surface area contributed by atoms with Crippen LogP contribution in [-0.4, -0.2) is 46.6 Å². The van der Waals surface area contributed by atoms with Crippen LogP contribution in [0.25, 0.3) is 0 Å². The molecule has 0 spiro atoms. The Morgan fingerprint density at radius 2 is 2.19 bits per heavy atom. The van der Waals surface area contributed by atoms with Crippen LogP contribution in [0.3, 0.4) is 0 Å². The Bertz CT molecular complexity index is 468. The third-order valence-electron chi connectivity index (χ3n) is 4.03. The molecular weight excluding hydrogens is 266 g/mol. The first kappa shape index (κ1) is 15.8. The molecule has 1 atom stereocenters. The molecule has 1 aromatic rings. The number of aliphatic hydroxyl groups is 1. The topological polar surface area (TPSA) is 65.5 Å². The zero-order valence-electron chi connectivity index (χ0n) is 12.9. The van der Waals surface area contributed by atoms with Crippen LogP contribution in [0.2, 0.25) is 0 Å². The van der Waals surface area contributed by atoms with Gasteiger partial charge in [-0.3, -0.25) is 4.79 Å². The van der Waals surface area contributed by atoms with E-state index in [2.05, 4.69) is 17.2 Å². The Kier molecular flexibility index (Phi) is 5.56. The van der Waals surface area contributed by atoms with Gasteiger partial charge in [-0.2, -0.15) is 0 Å². The zero-order chi connectivity index (χ0) is 15.2. The molecule has 1 saturated heterocycles. The monoisotopic (exact) mass is 291 g/mol. The van der Waals surface area contributed by atoms with Crippen molar-refractivity contribution in [3.05, 3.63) is 23.9 Å². The van der Waals surface area contributed by atoms with Crippen LogP contribution in [0, 0.1) is 5.92 Å². The minimum absolute atomic E-state index is 0.0146. The lowest BCUT2D eigenvalue weighted by Gasteiger charge is -2.33. The SMILES string of the molecule is CCCNc1cccc(C(=O)N2CCC(C(C)O)CC2)n1. The number of likely N-dealkylation sites (tertiary alicyclic amines) is 1. The summed E-state index contributed by atoms with van der Waals surface area (Å²) in [6.07, 6.45) is 2.45. The van der Waals surface area contributed by atoms with Crippen molar-refractivity contribution in [3.63, 3.8) is 0 Å². The van der Waals surface area contributed by atoms with Gasteiger partial charge >= 0.3 is 0 Å². The summed E-state index contributed by atoms with van der Waals surface area (Å²) in [4.78, 5) is 18.7. The molecule has 5 nitrogen and oxygen atoms in total. The molecule has 2 heterocycles. The van der Waals surface area contributed by atoms with E-state index in [0.29, 0.717) is 24.7 Å². The molecule has 1 unspecified atom stereocenters. The normalized spacial score (nSPS) is 17.6. The molecule has 1 aliphatic heterocycles. The van der Waals surface area contributed by atoms with Crippen molar-refractivity contribution in [2.45, 2.75) is 39.2 Å². The number of anilines is 1. The standard InChI is InChI=1S/C16H25N3O2/c1-3-9-17-15-6-4-5-14(18-15)16(21)19-10-7-13(8-11-19)12(2)20/h4-6,12-13,20H,3,7-11H2,1-2H3,(H,17,18). The number of nitrogens with zero attached hydrogens (tertiary/aromatic N) is 2. The number of aliphatic hydroxyl groups excluding tert-OH is 1. The predicted molar refractivity (Wildman–Crippen MR) is 83.3 cm³/mol. The summed E-state index contributed by atoms with van der Waals surface area (Å²) < 4.78 is 0. The van der Waals surface area contributed by atoms with Crippen molar-refractivity contribution in [1.82, 2.24) is 9.88 Å². The summed E-state index contributed by atoms with van der Waals surface area (Å²) in [6, 6.07) is 5.51. The van der Waals surface area contributed by atoms with Gasteiger partial charge in [0.1, 0.15) is 11.5 Å². The van der Waals surface area contributed by atoms with Crippen molar-refractivity contribution >= 4 is 11.7 Å². The van der Waals surface area contributed by atoms with Gasteiger partial charge in [0.25, 0.3) is 5.91 Å². The van der Waals surface area contributed by atoms with Gasteiger partial charge in [0.05, 0.1) is 6.10 Å². The number of nitrogens with one attached hydrogen (secondary N) is 1. The number of hydrogen-bond donors (Lipinski definition) is 2. The van der Waals surface area contributed by atoms with E-state index < -0.39 is 0 Å². The number of carbonyl (C=O) groups excluding carboxylic acids is 1. The first-order chi connectivity index (χ1) is 10.1. The van der Waals surface area contributed by atoms with Crippen LogP contribution >= 0.6 is 0 Å². The smallest absolute Gasteiger partial charge is 0.272 e. The maximum absolute atomic E-state index is 12.5. The second-order valence-corrected chi connectivity index (χ2v) is 5.71. The summed E-state index contributed by atoms with van der Waals surface area (Å²) >= 11 is 0. The highest BCUT2D eigenvalue weighted by Gasteiger charge is 2.26. The Morgan fingerprint density at radius 3 is 2.81 bits per heavy atom. The highest BCUT2D eigenvalue weighted by Crippen LogP contribution is 2.21. The Labute approximate surface area is 126 Å². The van der Waals surface area contributed by atoms with Crippen molar-refractivity contribution in [2.24, 2.45) is 5.92 Å². The van der Waals surface area contributed by atoms with Gasteiger partial charge in [0.15, 0.2) is 0 Å². The first-order valence-corrected chi connectivity index (χ1v) is 7.80. The fourth-order valence-electron chi connectivity index (χ4n) is 2.65. The van der Waals surface area contributed by atoms with E-state index in [-0.39, 0.29) is 12.0 Å². The molecule has 0 radical (unpaired) electrons. The van der Waals surface area contributed by atoms with Crippen LogP contribution in [0.4, 0.5) is 5.82 Å². The molecule has 0 aromatic carbocycles. The number of amides is 1. The maximum Gasteiger partial charge on any atom is 0.272 e. The molecule has 0 bridgehead atoms. The van der Waals surface area contributed by atoms with Gasteiger partial charge in [-0.25, -0.2) is 4.98 Å². The average molecular weight is 291 g/mol. The van der Waals surface area contributed by atoms with Crippen LogP contribution in [0.15, 0.2) is 18.2 Å². The molecule has 1 amide bonds. The van der Waals surface area contributed by atoms with Crippen molar-refractivity contribution in [3.8, 4) is 0 Å². The number of carbonyl (C=O) groups is 1. The molecule has 2 N–H and O–H groups in total. The van der Waals surface area contributed by atoms with E-state index in [1.54, 1.807) is 6.07 Å². The van der Waals surface area contributed by atoms with Gasteiger partial charge in [-0.15, -0.1) is 0 Å². The minimum Gasteiger partial charge on any atom is -0.393 e. The van der Waals surface area contributed by atoms with Crippen LogP contribution < -0.4 is 5.32 Å². The van der Waals surface area contributed by atoms with E-state index in [1.165, 1.54) is 0 Å². The van der Waals surface area contributed by atoms with Crippen LogP contribution in [0.5, 0.6) is 0 Å². The largest absolute Gasteiger partial charge is 0.393 e. The van der Waals surface area contributed by atoms with Gasteiger partial charge < -0.3 is 15.3 Å². The van der Waals surface area contributed by atoms with Crippen molar-refractivity contribution in [1.29, 1.82) is 0 Å². The first-order valence-electron chi connectivity index (χ1n) is 7.80. The van der Waals surface area contributed by atoms with Crippen LogP contribution in [-0.2, 0) is 0 Å². The Hall–Kier alpha value is -1.62. The zero-order valence-corrected chi connectivity index (χ0v) is 12.9. The molecule has 0 saturated carbocycles. The predicted octanol–water partition coefficient (Wildman–Crippen LogP) is 2.14. The third kappa shape index (κ3) is 4.17. The molecule has 1 fully saturated rings. The van der Waals surface area contributed by atoms with E-state index >= 15 is 0 Å². The second kappa shape index (κ2) is 7.41. The second-order valence-electron chi connectivity index (χ2n) is 5.71. The van der Waals surface area contributed by atoms with E-state index in [0.717, 1.165) is 31.6 Å². The van der Waals surface area contributed by atoms with E-state index in [9.17, 15) is 9.90 Å². The third-order valence-corrected chi connectivity index (χ3v) is 4.03. The molecule has 2 rings (SSSR count). The van der Waals surface area contributed by atoms with Crippen molar-refractivity contribution < 1.29 is 9.90 Å². The summed E-state index contributed by atoms with van der Waals surface area (Å²) in [5.41, 5.74) is 0.492. The van der Waals surface area contributed by atoms with Crippen molar-refractivity contribution in [2.75, 3.05) is 25.0 Å². The fourth-order valence-corrected chi connectivity index (χ4v) is 2.65. The van der Waals surface area contributed by atoms with E-state index in [4.69, 9.17) is 0 Å². The number of hydrogen-bond acceptors (Lipinski definition) is 4. The lowest BCUT2D eigenvalue weighted by molar-refractivity contribution is 0.0517. The molecule has 5 heteroatoms. The number of pyridine rings is 1. The summed E-state index contributed by atoms with van der Waals surface area (Å²) in [6.45, 7) is 6.16. The highest BCUT2D eigenvalue weighted by molar-refractivity contribution is 5.92. The molecule has 0 aliphatic carbocycles. The van der Waals surface area contributed by atoms with Gasteiger partial charge in [0.2, 0.25) is 0 Å². The molecule has 21 heavy (non-hydrogen) atoms. The lowest BCUT2D eigenvalue weighted by Crippen LogP contribution is -2.41. The summed E-state index contributed by atoms with van der Waals surface area (Å²) in [7, 11) is 0. The number of piperidine rings is 1. The average Bonchev–Trinajstić information content (AvgIpc) is 2.52. The lowest BCUT2D eigenvalue weighted by atomic mass is 9.92. The number of aromatic nitrogens is 1. The highest BCUT2D eigenvalue weighted by atomic mass is 16.3. The Morgan fingerprint density at radius 1 is 1.48 bits per heavy atom. The van der Waals surface area contributed by atoms with E-state index in [1.807, 2.05) is 24.0 Å². The molecule has 1 aliphatic rings. The van der Waals surface area contributed by atoms with Gasteiger partial charge in [0, 0.05) is 19.6 Å². The maximum atomic E-state index is 12.5. The molecule has 1 aromatic heterocycles.